The van der Waals surface area contributed by atoms with Crippen molar-refractivity contribution in [2.24, 2.45) is 0 Å². The first-order valence-electron chi connectivity index (χ1n) is 6.15. The third-order valence-electron chi connectivity index (χ3n) is 2.90. The van der Waals surface area contributed by atoms with E-state index in [9.17, 15) is 4.79 Å². The Labute approximate surface area is 131 Å². The van der Waals surface area contributed by atoms with Gasteiger partial charge in [0.05, 0.1) is 6.20 Å². The van der Waals surface area contributed by atoms with Gasteiger partial charge in [0.25, 0.3) is 5.89 Å². The van der Waals surface area contributed by atoms with Crippen LogP contribution < -0.4 is 0 Å². The summed E-state index contributed by atoms with van der Waals surface area (Å²) in [5.41, 5.74) is 1.20. The summed E-state index contributed by atoms with van der Waals surface area (Å²) >= 11 is 11.8. The summed E-state index contributed by atoms with van der Waals surface area (Å²) in [6, 6.07) is 13.8. The summed E-state index contributed by atoms with van der Waals surface area (Å²) in [5.74, 6) is 0.195. The van der Waals surface area contributed by atoms with Gasteiger partial charge in [-0.2, -0.15) is 0 Å². The molecule has 3 aromatic rings. The Hall–Kier alpha value is -2.10. The Morgan fingerprint density at radius 2 is 1.71 bits per heavy atom. The van der Waals surface area contributed by atoms with Crippen LogP contribution in [-0.4, -0.2) is 10.8 Å². The van der Waals surface area contributed by atoms with Gasteiger partial charge in [-0.3, -0.25) is 4.79 Å². The summed E-state index contributed by atoms with van der Waals surface area (Å²) in [4.78, 5) is 16.3. The van der Waals surface area contributed by atoms with E-state index >= 15 is 0 Å². The van der Waals surface area contributed by atoms with Gasteiger partial charge in [-0.25, -0.2) is 4.98 Å². The zero-order chi connectivity index (χ0) is 14.8. The number of oxazole rings is 1. The van der Waals surface area contributed by atoms with Crippen molar-refractivity contribution in [1.29, 1.82) is 0 Å². The van der Waals surface area contributed by atoms with E-state index in [1.165, 1.54) is 6.20 Å². The zero-order valence-corrected chi connectivity index (χ0v) is 12.2. The number of ketones is 1. The smallest absolute Gasteiger partial charge is 0.268 e. The van der Waals surface area contributed by atoms with Crippen LogP contribution >= 0.6 is 23.2 Å². The molecule has 0 amide bonds. The summed E-state index contributed by atoms with van der Waals surface area (Å²) < 4.78 is 5.52. The Kier molecular flexibility index (Phi) is 3.78. The summed E-state index contributed by atoms with van der Waals surface area (Å²) in [6.07, 6.45) is 1.50. The lowest BCUT2D eigenvalue weighted by Crippen LogP contribution is -2.00. The van der Waals surface area contributed by atoms with Gasteiger partial charge in [0.1, 0.15) is 0 Å². The molecule has 0 aliphatic carbocycles. The van der Waals surface area contributed by atoms with Gasteiger partial charge < -0.3 is 4.42 Å². The molecule has 1 aromatic heterocycles. The van der Waals surface area contributed by atoms with Crippen molar-refractivity contribution in [3.8, 4) is 11.3 Å². The number of nitrogens with zero attached hydrogens (tertiary/aromatic N) is 1. The lowest BCUT2D eigenvalue weighted by atomic mass is 10.1. The van der Waals surface area contributed by atoms with E-state index in [-0.39, 0.29) is 11.7 Å². The predicted molar refractivity (Wildman–Crippen MR) is 81.8 cm³/mol. The van der Waals surface area contributed by atoms with Gasteiger partial charge in [0, 0.05) is 21.2 Å². The molecule has 5 heteroatoms. The van der Waals surface area contributed by atoms with Crippen LogP contribution in [0.25, 0.3) is 11.3 Å². The SMILES string of the molecule is O=C(c1cccc(Cl)c1)c1ncc(-c2cccc(Cl)c2)o1. The van der Waals surface area contributed by atoms with Crippen LogP contribution in [0.4, 0.5) is 0 Å². The topological polar surface area (TPSA) is 43.1 Å². The second kappa shape index (κ2) is 5.72. The number of carbonyl (C=O) groups excluding carboxylic acids is 1. The maximum absolute atomic E-state index is 12.3. The molecule has 0 fully saturated rings. The van der Waals surface area contributed by atoms with Gasteiger partial charge in [-0.05, 0) is 24.3 Å². The second-order valence-corrected chi connectivity index (χ2v) is 5.25. The molecule has 21 heavy (non-hydrogen) atoms. The van der Waals surface area contributed by atoms with Crippen LogP contribution in [0, 0.1) is 0 Å². The highest BCUT2D eigenvalue weighted by atomic mass is 35.5. The molecule has 0 aliphatic heterocycles. The molecule has 3 nitrogen and oxygen atoms in total. The van der Waals surface area contributed by atoms with E-state index < -0.39 is 0 Å². The first-order chi connectivity index (χ1) is 10.1. The van der Waals surface area contributed by atoms with E-state index in [0.29, 0.717) is 21.4 Å². The van der Waals surface area contributed by atoms with Crippen molar-refractivity contribution in [1.82, 2.24) is 4.98 Å². The van der Waals surface area contributed by atoms with Gasteiger partial charge in [0.15, 0.2) is 5.76 Å². The van der Waals surface area contributed by atoms with Gasteiger partial charge in [0.2, 0.25) is 5.78 Å². The Bertz CT molecular complexity index is 811. The number of rotatable bonds is 3. The molecule has 0 saturated carbocycles. The van der Waals surface area contributed by atoms with Crippen LogP contribution in [0.3, 0.4) is 0 Å². The van der Waals surface area contributed by atoms with Crippen molar-refractivity contribution in [3.05, 3.63) is 76.2 Å². The number of aromatic nitrogens is 1. The number of carbonyl (C=O) groups is 1. The molecule has 0 radical (unpaired) electrons. The number of hydrogen-bond acceptors (Lipinski definition) is 3. The number of benzene rings is 2. The highest BCUT2D eigenvalue weighted by Gasteiger charge is 2.16. The fraction of sp³-hybridized carbons (Fsp3) is 0. The standard InChI is InChI=1S/C16H9Cl2NO2/c17-12-5-1-3-10(7-12)14-9-19-16(21-14)15(20)11-4-2-6-13(18)8-11/h1-9H. The van der Waals surface area contributed by atoms with Crippen molar-refractivity contribution >= 4 is 29.0 Å². The molecule has 0 aliphatic rings. The van der Waals surface area contributed by atoms with Crippen LogP contribution in [0.2, 0.25) is 10.0 Å². The van der Waals surface area contributed by atoms with E-state index in [1.54, 1.807) is 42.5 Å². The normalized spacial score (nSPS) is 10.6. The molecular weight excluding hydrogens is 309 g/mol. The lowest BCUT2D eigenvalue weighted by molar-refractivity contribution is 0.100. The average molecular weight is 318 g/mol. The van der Waals surface area contributed by atoms with Crippen molar-refractivity contribution < 1.29 is 9.21 Å². The molecule has 0 unspecified atom stereocenters. The monoisotopic (exact) mass is 317 g/mol. The molecular formula is C16H9Cl2NO2. The van der Waals surface area contributed by atoms with Gasteiger partial charge in [-0.1, -0.05) is 47.5 Å². The largest absolute Gasteiger partial charge is 0.433 e. The Balaban J connectivity index is 1.93. The predicted octanol–water partition coefficient (Wildman–Crippen LogP) is 4.88. The third kappa shape index (κ3) is 2.99. The zero-order valence-electron chi connectivity index (χ0n) is 10.7. The molecule has 2 aromatic carbocycles. The summed E-state index contributed by atoms with van der Waals surface area (Å²) in [7, 11) is 0. The highest BCUT2D eigenvalue weighted by Crippen LogP contribution is 2.24. The highest BCUT2D eigenvalue weighted by molar-refractivity contribution is 6.31. The Morgan fingerprint density at radius 1 is 1.00 bits per heavy atom. The summed E-state index contributed by atoms with van der Waals surface area (Å²) in [6.45, 7) is 0. The fourth-order valence-electron chi connectivity index (χ4n) is 1.91. The Morgan fingerprint density at radius 3 is 2.43 bits per heavy atom. The molecule has 104 valence electrons. The first-order valence-corrected chi connectivity index (χ1v) is 6.91. The molecule has 3 rings (SSSR count). The molecule has 0 N–H and O–H groups in total. The minimum Gasteiger partial charge on any atom is -0.433 e. The lowest BCUT2D eigenvalue weighted by Gasteiger charge is -1.98. The van der Waals surface area contributed by atoms with E-state index in [4.69, 9.17) is 27.6 Å². The maximum atomic E-state index is 12.3. The first kappa shape index (κ1) is 13.9. The third-order valence-corrected chi connectivity index (χ3v) is 3.37. The van der Waals surface area contributed by atoms with Crippen LogP contribution in [0.15, 0.2) is 59.1 Å². The van der Waals surface area contributed by atoms with E-state index in [0.717, 1.165) is 5.56 Å². The quantitative estimate of drug-likeness (QED) is 0.646. The van der Waals surface area contributed by atoms with Crippen LogP contribution in [0.1, 0.15) is 16.2 Å². The molecule has 0 atom stereocenters. The van der Waals surface area contributed by atoms with Crippen molar-refractivity contribution in [3.63, 3.8) is 0 Å². The van der Waals surface area contributed by atoms with Crippen LogP contribution in [0.5, 0.6) is 0 Å². The fourth-order valence-corrected chi connectivity index (χ4v) is 2.29. The maximum Gasteiger partial charge on any atom is 0.268 e. The van der Waals surface area contributed by atoms with Gasteiger partial charge in [-0.15, -0.1) is 0 Å². The van der Waals surface area contributed by atoms with E-state index in [2.05, 4.69) is 4.98 Å². The number of halogens is 2. The minimum atomic E-state index is -0.314. The molecule has 0 bridgehead atoms. The molecule has 0 spiro atoms. The van der Waals surface area contributed by atoms with Crippen LogP contribution in [-0.2, 0) is 0 Å². The van der Waals surface area contributed by atoms with Crippen molar-refractivity contribution in [2.75, 3.05) is 0 Å². The van der Waals surface area contributed by atoms with Crippen molar-refractivity contribution in [2.45, 2.75) is 0 Å². The summed E-state index contributed by atoms with van der Waals surface area (Å²) in [5, 5.41) is 1.08. The molecule has 1 heterocycles. The number of hydrogen-bond donors (Lipinski definition) is 0. The second-order valence-electron chi connectivity index (χ2n) is 4.38. The average Bonchev–Trinajstić information content (AvgIpc) is 2.96. The van der Waals surface area contributed by atoms with Gasteiger partial charge >= 0.3 is 0 Å². The van der Waals surface area contributed by atoms with E-state index in [1.807, 2.05) is 6.07 Å². The molecule has 0 saturated heterocycles. The minimum absolute atomic E-state index is 0.0206.